The molecule has 1 amide bonds. The van der Waals surface area contributed by atoms with Crippen molar-refractivity contribution >= 4 is 11.9 Å². The predicted octanol–water partition coefficient (Wildman–Crippen LogP) is 2.44. The number of hydrogen-bond donors (Lipinski definition) is 1. The summed E-state index contributed by atoms with van der Waals surface area (Å²) in [5, 5.41) is 9.17. The van der Waals surface area contributed by atoms with Crippen LogP contribution >= 0.6 is 0 Å². The highest BCUT2D eigenvalue weighted by atomic mass is 16.5. The number of carbonyl (C=O) groups excluding carboxylic acids is 1. The third kappa shape index (κ3) is 4.24. The molecule has 1 heterocycles. The number of carboxylic acid groups (broad SMARTS) is 1. The van der Waals surface area contributed by atoms with Crippen molar-refractivity contribution < 1.29 is 19.4 Å². The van der Waals surface area contributed by atoms with Gasteiger partial charge in [0.2, 0.25) is 5.91 Å². The fourth-order valence-electron chi connectivity index (χ4n) is 3.23. The number of aliphatic carboxylic acids is 1. The highest BCUT2D eigenvalue weighted by Crippen LogP contribution is 2.25. The number of nitrogens with zero attached hydrogens (tertiary/aromatic N) is 1. The summed E-state index contributed by atoms with van der Waals surface area (Å²) >= 11 is 0. The maximum atomic E-state index is 12.6. The van der Waals surface area contributed by atoms with Gasteiger partial charge in [0.05, 0.1) is 13.0 Å². The smallest absolute Gasteiger partial charge is 0.306 e. The van der Waals surface area contributed by atoms with Crippen LogP contribution in [0.1, 0.15) is 25.8 Å². The fraction of sp³-hybridized carbons (Fsp3) is 0.556. The van der Waals surface area contributed by atoms with Crippen molar-refractivity contribution in [1.82, 2.24) is 4.90 Å². The Bertz CT molecular complexity index is 555. The SMILES string of the molecule is COc1ccc(CC(C)C(=O)N2CCC(C(=O)O)C(C)C2)cc1. The van der Waals surface area contributed by atoms with Crippen LogP contribution in [0.5, 0.6) is 5.75 Å². The van der Waals surface area contributed by atoms with Gasteiger partial charge in [0, 0.05) is 19.0 Å². The first kappa shape index (κ1) is 17.3. The molecule has 23 heavy (non-hydrogen) atoms. The van der Waals surface area contributed by atoms with Gasteiger partial charge >= 0.3 is 5.97 Å². The number of benzene rings is 1. The normalized spacial score (nSPS) is 22.5. The highest BCUT2D eigenvalue weighted by molar-refractivity contribution is 5.79. The topological polar surface area (TPSA) is 66.8 Å². The number of likely N-dealkylation sites (tertiary alicyclic amines) is 1. The molecule has 0 spiro atoms. The van der Waals surface area contributed by atoms with Crippen molar-refractivity contribution in [3.05, 3.63) is 29.8 Å². The molecule has 2 rings (SSSR count). The van der Waals surface area contributed by atoms with Gasteiger partial charge in [-0.1, -0.05) is 26.0 Å². The summed E-state index contributed by atoms with van der Waals surface area (Å²) in [7, 11) is 1.63. The lowest BCUT2D eigenvalue weighted by Crippen LogP contribution is -2.47. The van der Waals surface area contributed by atoms with Gasteiger partial charge in [-0.05, 0) is 36.5 Å². The van der Waals surface area contributed by atoms with E-state index in [1.807, 2.05) is 43.0 Å². The Hall–Kier alpha value is -2.04. The van der Waals surface area contributed by atoms with Crippen LogP contribution in [-0.2, 0) is 16.0 Å². The van der Waals surface area contributed by atoms with E-state index in [9.17, 15) is 9.59 Å². The van der Waals surface area contributed by atoms with Crippen LogP contribution in [-0.4, -0.2) is 42.1 Å². The quantitative estimate of drug-likeness (QED) is 0.905. The Kier molecular flexibility index (Phi) is 5.64. The van der Waals surface area contributed by atoms with Crippen LogP contribution in [0.2, 0.25) is 0 Å². The first-order valence-electron chi connectivity index (χ1n) is 8.07. The van der Waals surface area contributed by atoms with E-state index in [1.54, 1.807) is 7.11 Å². The van der Waals surface area contributed by atoms with Gasteiger partial charge in [0.1, 0.15) is 5.75 Å². The van der Waals surface area contributed by atoms with Gasteiger partial charge in [-0.25, -0.2) is 0 Å². The third-order valence-electron chi connectivity index (χ3n) is 4.66. The second kappa shape index (κ2) is 7.49. The molecule has 1 aliphatic rings. The Morgan fingerprint density at radius 2 is 2.00 bits per heavy atom. The number of ether oxygens (including phenoxy) is 1. The van der Waals surface area contributed by atoms with Crippen molar-refractivity contribution in [2.45, 2.75) is 26.7 Å². The molecule has 0 aliphatic carbocycles. The van der Waals surface area contributed by atoms with Crippen molar-refractivity contribution in [3.8, 4) is 5.75 Å². The highest BCUT2D eigenvalue weighted by Gasteiger charge is 2.34. The van der Waals surface area contributed by atoms with E-state index in [2.05, 4.69) is 0 Å². The molecule has 1 N–H and O–H groups in total. The minimum absolute atomic E-state index is 0.00149. The lowest BCUT2D eigenvalue weighted by Gasteiger charge is -2.36. The second-order valence-corrected chi connectivity index (χ2v) is 6.45. The Balaban J connectivity index is 1.93. The van der Waals surface area contributed by atoms with E-state index in [4.69, 9.17) is 9.84 Å². The fourth-order valence-corrected chi connectivity index (χ4v) is 3.23. The van der Waals surface area contributed by atoms with Gasteiger partial charge in [-0.3, -0.25) is 9.59 Å². The van der Waals surface area contributed by atoms with Gasteiger partial charge in [-0.2, -0.15) is 0 Å². The molecule has 1 fully saturated rings. The lowest BCUT2D eigenvalue weighted by molar-refractivity contribution is -0.149. The van der Waals surface area contributed by atoms with Crippen LogP contribution in [0.4, 0.5) is 0 Å². The summed E-state index contributed by atoms with van der Waals surface area (Å²) in [6, 6.07) is 7.74. The van der Waals surface area contributed by atoms with E-state index >= 15 is 0 Å². The summed E-state index contributed by atoms with van der Waals surface area (Å²) < 4.78 is 5.13. The molecule has 1 aromatic rings. The molecule has 1 aromatic carbocycles. The van der Waals surface area contributed by atoms with E-state index in [0.29, 0.717) is 25.9 Å². The largest absolute Gasteiger partial charge is 0.497 e. The number of piperidine rings is 1. The number of rotatable bonds is 5. The number of hydrogen-bond acceptors (Lipinski definition) is 3. The van der Waals surface area contributed by atoms with Gasteiger partial charge in [0.15, 0.2) is 0 Å². The summed E-state index contributed by atoms with van der Waals surface area (Å²) in [6.07, 6.45) is 1.22. The van der Waals surface area contributed by atoms with E-state index in [1.165, 1.54) is 0 Å². The molecule has 3 unspecified atom stereocenters. The molecular formula is C18H25NO4. The molecule has 1 aliphatic heterocycles. The number of carboxylic acids is 1. The zero-order valence-corrected chi connectivity index (χ0v) is 14.0. The molecule has 126 valence electrons. The molecule has 0 saturated carbocycles. The van der Waals surface area contributed by atoms with Crippen molar-refractivity contribution in [3.63, 3.8) is 0 Å². The second-order valence-electron chi connectivity index (χ2n) is 6.45. The zero-order valence-electron chi connectivity index (χ0n) is 14.0. The third-order valence-corrected chi connectivity index (χ3v) is 4.66. The Labute approximate surface area is 137 Å². The first-order valence-corrected chi connectivity index (χ1v) is 8.07. The van der Waals surface area contributed by atoms with Gasteiger partial charge in [-0.15, -0.1) is 0 Å². The summed E-state index contributed by atoms with van der Waals surface area (Å²) in [4.78, 5) is 25.6. The minimum atomic E-state index is -0.754. The van der Waals surface area contributed by atoms with Crippen LogP contribution in [0.3, 0.4) is 0 Å². The van der Waals surface area contributed by atoms with Gasteiger partial charge < -0.3 is 14.7 Å². The monoisotopic (exact) mass is 319 g/mol. The molecule has 1 saturated heterocycles. The molecule has 5 nitrogen and oxygen atoms in total. The summed E-state index contributed by atoms with van der Waals surface area (Å²) in [5.74, 6) is -0.295. The molecular weight excluding hydrogens is 294 g/mol. The van der Waals surface area contributed by atoms with Crippen molar-refractivity contribution in [2.75, 3.05) is 20.2 Å². The zero-order chi connectivity index (χ0) is 17.0. The van der Waals surface area contributed by atoms with E-state index in [-0.39, 0.29) is 23.7 Å². The molecule has 0 radical (unpaired) electrons. The maximum absolute atomic E-state index is 12.6. The summed E-state index contributed by atoms with van der Waals surface area (Å²) in [6.45, 7) is 4.91. The van der Waals surface area contributed by atoms with Crippen molar-refractivity contribution in [1.29, 1.82) is 0 Å². The average Bonchev–Trinajstić information content (AvgIpc) is 2.54. The Morgan fingerprint density at radius 3 is 2.52 bits per heavy atom. The van der Waals surface area contributed by atoms with E-state index < -0.39 is 5.97 Å². The number of amides is 1. The van der Waals surface area contributed by atoms with Crippen LogP contribution in [0.15, 0.2) is 24.3 Å². The van der Waals surface area contributed by atoms with Gasteiger partial charge in [0.25, 0.3) is 0 Å². The summed E-state index contributed by atoms with van der Waals surface area (Å²) in [5.41, 5.74) is 1.10. The standard InChI is InChI=1S/C18H25NO4/c1-12(10-14-4-6-15(23-3)7-5-14)17(20)19-9-8-16(18(21)22)13(2)11-19/h4-7,12-13,16H,8-11H2,1-3H3,(H,21,22). The molecule has 5 heteroatoms. The first-order chi connectivity index (χ1) is 10.9. The van der Waals surface area contributed by atoms with Crippen LogP contribution in [0, 0.1) is 17.8 Å². The van der Waals surface area contributed by atoms with Crippen LogP contribution in [0.25, 0.3) is 0 Å². The molecule has 3 atom stereocenters. The molecule has 0 bridgehead atoms. The maximum Gasteiger partial charge on any atom is 0.306 e. The number of methoxy groups -OCH3 is 1. The Morgan fingerprint density at radius 1 is 1.35 bits per heavy atom. The molecule has 0 aromatic heterocycles. The van der Waals surface area contributed by atoms with Crippen molar-refractivity contribution in [2.24, 2.45) is 17.8 Å². The number of carbonyl (C=O) groups is 2. The average molecular weight is 319 g/mol. The van der Waals surface area contributed by atoms with Crippen LogP contribution < -0.4 is 4.74 Å². The van der Waals surface area contributed by atoms with E-state index in [0.717, 1.165) is 11.3 Å². The minimum Gasteiger partial charge on any atom is -0.497 e. The lowest BCUT2D eigenvalue weighted by atomic mass is 9.86. The predicted molar refractivity (Wildman–Crippen MR) is 87.3 cm³/mol.